The van der Waals surface area contributed by atoms with E-state index in [1.165, 1.54) is 30.0 Å². The van der Waals surface area contributed by atoms with Gasteiger partial charge in [-0.25, -0.2) is 4.79 Å². The van der Waals surface area contributed by atoms with Crippen molar-refractivity contribution in [1.82, 2.24) is 0 Å². The van der Waals surface area contributed by atoms with Gasteiger partial charge in [-0.15, -0.1) is 0 Å². The number of carbonyl (C=O) groups excluding carboxylic acids is 1. The first-order valence-electron chi connectivity index (χ1n) is 6.96. The quantitative estimate of drug-likeness (QED) is 0.260. The first-order chi connectivity index (χ1) is 11.1. The molecule has 118 valence electrons. The lowest BCUT2D eigenvalue weighted by Crippen LogP contribution is -2.00. The Morgan fingerprint density at radius 2 is 1.83 bits per heavy atom. The van der Waals surface area contributed by atoms with Crippen molar-refractivity contribution in [3.8, 4) is 0 Å². The van der Waals surface area contributed by atoms with Crippen LogP contribution in [0.3, 0.4) is 0 Å². The average Bonchev–Trinajstić information content (AvgIpc) is 2.56. The van der Waals surface area contributed by atoms with Crippen LogP contribution in [0.25, 0.3) is 4.91 Å². The van der Waals surface area contributed by atoms with Crippen molar-refractivity contribution in [3.63, 3.8) is 0 Å². The maximum atomic E-state index is 11.8. The summed E-state index contributed by atoms with van der Waals surface area (Å²) in [6.07, 6.45) is 1.44. The zero-order chi connectivity index (χ0) is 16.7. The van der Waals surface area contributed by atoms with Gasteiger partial charge in [-0.3, -0.25) is 10.1 Å². The van der Waals surface area contributed by atoms with Crippen LogP contribution in [0.1, 0.15) is 12.5 Å². The summed E-state index contributed by atoms with van der Waals surface area (Å²) in [5, 5.41) is 10.7. The van der Waals surface area contributed by atoms with Crippen molar-refractivity contribution < 1.29 is 14.5 Å². The summed E-state index contributed by atoms with van der Waals surface area (Å²) >= 11 is 1.35. The third-order valence-electron chi connectivity index (χ3n) is 2.87. The normalized spacial score (nSPS) is 11.1. The molecule has 6 heteroatoms. The number of benzene rings is 2. The van der Waals surface area contributed by atoms with Crippen LogP contribution in [-0.2, 0) is 9.53 Å². The zero-order valence-electron chi connectivity index (χ0n) is 12.5. The van der Waals surface area contributed by atoms with Gasteiger partial charge in [0.25, 0.3) is 5.69 Å². The Labute approximate surface area is 138 Å². The largest absolute Gasteiger partial charge is 0.463 e. The van der Waals surface area contributed by atoms with Crippen molar-refractivity contribution in [2.24, 2.45) is 0 Å². The van der Waals surface area contributed by atoms with E-state index in [4.69, 9.17) is 4.74 Å². The smallest absolute Gasteiger partial charge is 0.331 e. The maximum Gasteiger partial charge on any atom is 0.331 e. The minimum atomic E-state index is -0.443. The second kappa shape index (κ2) is 8.14. The van der Waals surface area contributed by atoms with Crippen LogP contribution in [0.2, 0.25) is 0 Å². The van der Waals surface area contributed by atoms with Gasteiger partial charge in [0.2, 0.25) is 0 Å². The third-order valence-corrected chi connectivity index (χ3v) is 3.95. The highest BCUT2D eigenvalue weighted by atomic mass is 32.2. The van der Waals surface area contributed by atoms with Crippen molar-refractivity contribution in [3.05, 3.63) is 76.4 Å². The number of nitrogens with zero attached hydrogens (tertiary/aromatic N) is 1. The first-order valence-corrected chi connectivity index (χ1v) is 7.78. The monoisotopic (exact) mass is 329 g/mol. The number of ether oxygens (including phenoxy) is 1. The topological polar surface area (TPSA) is 69.4 Å². The lowest BCUT2D eigenvalue weighted by atomic mass is 10.2. The summed E-state index contributed by atoms with van der Waals surface area (Å²) in [7, 11) is 0. The number of nitro groups is 1. The van der Waals surface area contributed by atoms with Gasteiger partial charge < -0.3 is 4.74 Å². The number of hydrogen-bond donors (Lipinski definition) is 0. The molecular formula is C17H15NO4S. The number of carbonyl (C=O) groups is 1. The maximum absolute atomic E-state index is 11.8. The lowest BCUT2D eigenvalue weighted by Gasteiger charge is -2.08. The molecule has 0 amide bonds. The standard InChI is InChI=1S/C17H15NO4S/c1-2-22-17(19)12-16(13-6-4-3-5-7-13)23-15-10-8-14(9-11-15)18(20)21/h3-12H,2H2,1H3/b16-12-. The SMILES string of the molecule is CCOC(=O)/C=C(\Sc1ccc([N+](=O)[O-])cc1)c1ccccc1. The Morgan fingerprint density at radius 1 is 1.17 bits per heavy atom. The molecule has 2 aromatic rings. The Bertz CT molecular complexity index is 711. The molecule has 0 aromatic heterocycles. The number of nitro benzene ring substituents is 1. The highest BCUT2D eigenvalue weighted by Crippen LogP contribution is 2.34. The predicted octanol–water partition coefficient (Wildman–Crippen LogP) is 4.29. The van der Waals surface area contributed by atoms with Gasteiger partial charge in [-0.05, 0) is 24.6 Å². The van der Waals surface area contributed by atoms with Crippen LogP contribution in [0, 0.1) is 10.1 Å². The van der Waals surface area contributed by atoms with Crippen molar-refractivity contribution in [2.45, 2.75) is 11.8 Å². The molecule has 0 spiro atoms. The van der Waals surface area contributed by atoms with Crippen LogP contribution in [-0.4, -0.2) is 17.5 Å². The molecule has 2 rings (SSSR count). The number of non-ortho nitro benzene ring substituents is 1. The van der Waals surface area contributed by atoms with Gasteiger partial charge in [0, 0.05) is 28.0 Å². The molecule has 0 aliphatic carbocycles. The van der Waals surface area contributed by atoms with Crippen molar-refractivity contribution in [2.75, 3.05) is 6.61 Å². The second-order valence-electron chi connectivity index (χ2n) is 4.48. The van der Waals surface area contributed by atoms with Crippen LogP contribution in [0.4, 0.5) is 5.69 Å². The van der Waals surface area contributed by atoms with E-state index in [-0.39, 0.29) is 5.69 Å². The molecule has 0 unspecified atom stereocenters. The van der Waals surface area contributed by atoms with Crippen LogP contribution >= 0.6 is 11.8 Å². The highest BCUT2D eigenvalue weighted by Gasteiger charge is 2.10. The molecule has 0 radical (unpaired) electrons. The lowest BCUT2D eigenvalue weighted by molar-refractivity contribution is -0.384. The molecule has 0 atom stereocenters. The number of thioether (sulfide) groups is 1. The van der Waals surface area contributed by atoms with E-state index in [1.54, 1.807) is 19.1 Å². The van der Waals surface area contributed by atoms with Crippen molar-refractivity contribution >= 4 is 28.3 Å². The summed E-state index contributed by atoms with van der Waals surface area (Å²) in [5.74, 6) is -0.416. The molecule has 0 saturated heterocycles. The van der Waals surface area contributed by atoms with E-state index < -0.39 is 10.9 Å². The summed E-state index contributed by atoms with van der Waals surface area (Å²) in [6.45, 7) is 2.05. The molecule has 2 aromatic carbocycles. The number of esters is 1. The molecule has 0 aliphatic heterocycles. The Kier molecular flexibility index (Phi) is 5.94. The summed E-state index contributed by atoms with van der Waals surface area (Å²) in [5.41, 5.74) is 0.911. The summed E-state index contributed by atoms with van der Waals surface area (Å²) in [6, 6.07) is 15.6. The Balaban J connectivity index is 2.27. The predicted molar refractivity (Wildman–Crippen MR) is 90.0 cm³/mol. The van der Waals surface area contributed by atoms with Crippen LogP contribution < -0.4 is 0 Å². The van der Waals surface area contributed by atoms with E-state index in [0.717, 1.165) is 15.4 Å². The van der Waals surface area contributed by atoms with E-state index >= 15 is 0 Å². The Hall–Kier alpha value is -2.60. The van der Waals surface area contributed by atoms with Crippen LogP contribution in [0.5, 0.6) is 0 Å². The second-order valence-corrected chi connectivity index (χ2v) is 5.60. The fourth-order valence-corrected chi connectivity index (χ4v) is 2.76. The van der Waals surface area contributed by atoms with Gasteiger partial charge in [0.15, 0.2) is 0 Å². The van der Waals surface area contributed by atoms with Gasteiger partial charge in [-0.1, -0.05) is 42.1 Å². The average molecular weight is 329 g/mol. The third kappa shape index (κ3) is 4.96. The van der Waals surface area contributed by atoms with Gasteiger partial charge in [0.1, 0.15) is 0 Å². The first kappa shape index (κ1) is 16.8. The van der Waals surface area contributed by atoms with Crippen LogP contribution in [0.15, 0.2) is 65.6 Å². The van der Waals surface area contributed by atoms with Gasteiger partial charge in [0.05, 0.1) is 11.5 Å². The van der Waals surface area contributed by atoms with E-state index in [0.29, 0.717) is 6.61 Å². The highest BCUT2D eigenvalue weighted by molar-refractivity contribution is 8.08. The molecule has 0 aliphatic rings. The minimum absolute atomic E-state index is 0.0324. The Morgan fingerprint density at radius 3 is 2.39 bits per heavy atom. The fourth-order valence-electron chi connectivity index (χ4n) is 1.83. The molecule has 0 bridgehead atoms. The summed E-state index contributed by atoms with van der Waals surface area (Å²) < 4.78 is 4.96. The number of rotatable bonds is 6. The molecule has 0 fully saturated rings. The molecular weight excluding hydrogens is 314 g/mol. The summed E-state index contributed by atoms with van der Waals surface area (Å²) in [4.78, 5) is 23.5. The zero-order valence-corrected chi connectivity index (χ0v) is 13.3. The number of hydrogen-bond acceptors (Lipinski definition) is 5. The molecule has 23 heavy (non-hydrogen) atoms. The van der Waals surface area contributed by atoms with E-state index in [9.17, 15) is 14.9 Å². The molecule has 0 N–H and O–H groups in total. The molecule has 5 nitrogen and oxygen atoms in total. The minimum Gasteiger partial charge on any atom is -0.463 e. The molecule has 0 heterocycles. The van der Waals surface area contributed by atoms with E-state index in [1.807, 2.05) is 30.3 Å². The van der Waals surface area contributed by atoms with E-state index in [2.05, 4.69) is 0 Å². The molecule has 0 saturated carbocycles. The van der Waals surface area contributed by atoms with Gasteiger partial charge >= 0.3 is 5.97 Å². The van der Waals surface area contributed by atoms with Crippen molar-refractivity contribution in [1.29, 1.82) is 0 Å². The fraction of sp³-hybridized carbons (Fsp3) is 0.118. The van der Waals surface area contributed by atoms with Gasteiger partial charge in [-0.2, -0.15) is 0 Å².